The predicted octanol–water partition coefficient (Wildman–Crippen LogP) is 0.485. The Morgan fingerprint density at radius 2 is 1.80 bits per heavy atom. The van der Waals surface area contributed by atoms with Crippen LogP contribution in [0.15, 0.2) is 0 Å². The minimum absolute atomic E-state index is 0.103. The zero-order valence-electron chi connectivity index (χ0n) is 11.6. The average Bonchev–Trinajstić information content (AvgIpc) is 2.43. The average molecular weight is 280 g/mol. The number of nitrogens with zero attached hydrogens (tertiary/aromatic N) is 3. The molecule has 0 aromatic carbocycles. The quantitative estimate of drug-likeness (QED) is 0.601. The molecule has 0 aliphatic carbocycles. The number of amides is 1. The minimum atomic E-state index is -0.986. The normalized spacial score (nSPS) is 11.2. The number of rotatable bonds is 10. The molecule has 1 unspecified atom stereocenters. The molecular formula is C13H20N4O3. The SMILES string of the molecule is CCCC(NCC(=O)N(CCC#N)CCC#N)C(=O)O. The van der Waals surface area contributed by atoms with Gasteiger partial charge in [0, 0.05) is 13.1 Å². The van der Waals surface area contributed by atoms with Gasteiger partial charge in [0.25, 0.3) is 0 Å². The van der Waals surface area contributed by atoms with Gasteiger partial charge in [-0.1, -0.05) is 13.3 Å². The smallest absolute Gasteiger partial charge is 0.320 e. The van der Waals surface area contributed by atoms with E-state index in [1.54, 1.807) is 0 Å². The van der Waals surface area contributed by atoms with Gasteiger partial charge in [-0.2, -0.15) is 10.5 Å². The van der Waals surface area contributed by atoms with Gasteiger partial charge < -0.3 is 10.0 Å². The van der Waals surface area contributed by atoms with Crippen molar-refractivity contribution in [2.75, 3.05) is 19.6 Å². The van der Waals surface area contributed by atoms with Crippen molar-refractivity contribution < 1.29 is 14.7 Å². The number of hydrogen-bond acceptors (Lipinski definition) is 5. The molecule has 0 aliphatic heterocycles. The van der Waals surface area contributed by atoms with E-state index in [2.05, 4.69) is 5.32 Å². The highest BCUT2D eigenvalue weighted by molar-refractivity contribution is 5.80. The number of nitrogens with one attached hydrogen (secondary N) is 1. The lowest BCUT2D eigenvalue weighted by Gasteiger charge is -2.22. The molecule has 0 aromatic rings. The van der Waals surface area contributed by atoms with Gasteiger partial charge in [0.1, 0.15) is 6.04 Å². The molecule has 2 N–H and O–H groups in total. The Kier molecular flexibility index (Phi) is 9.63. The number of nitriles is 2. The van der Waals surface area contributed by atoms with Crippen molar-refractivity contribution in [3.8, 4) is 12.1 Å². The summed E-state index contributed by atoms with van der Waals surface area (Å²) in [5.41, 5.74) is 0. The molecule has 0 saturated carbocycles. The van der Waals surface area contributed by atoms with Crippen molar-refractivity contribution in [3.63, 3.8) is 0 Å². The Labute approximate surface area is 118 Å². The van der Waals surface area contributed by atoms with Gasteiger partial charge >= 0.3 is 5.97 Å². The van der Waals surface area contributed by atoms with E-state index in [0.29, 0.717) is 12.8 Å². The van der Waals surface area contributed by atoms with E-state index in [4.69, 9.17) is 15.6 Å². The molecule has 7 nitrogen and oxygen atoms in total. The summed E-state index contributed by atoms with van der Waals surface area (Å²) in [6.45, 7) is 2.27. The summed E-state index contributed by atoms with van der Waals surface area (Å²) in [7, 11) is 0. The van der Waals surface area contributed by atoms with Gasteiger partial charge in [-0.3, -0.25) is 14.9 Å². The van der Waals surface area contributed by atoms with Gasteiger partial charge in [-0.05, 0) is 6.42 Å². The maximum absolute atomic E-state index is 11.9. The van der Waals surface area contributed by atoms with E-state index in [1.165, 1.54) is 4.90 Å². The zero-order valence-corrected chi connectivity index (χ0v) is 11.6. The maximum atomic E-state index is 11.9. The van der Waals surface area contributed by atoms with E-state index in [9.17, 15) is 9.59 Å². The number of carboxylic acids is 1. The minimum Gasteiger partial charge on any atom is -0.480 e. The standard InChI is InChI=1S/C13H20N4O3/c1-2-5-11(13(19)20)16-10-12(18)17(8-3-6-14)9-4-7-15/h11,16H,2-5,8-10H2,1H3,(H,19,20). The molecular weight excluding hydrogens is 260 g/mol. The van der Waals surface area contributed by atoms with Crippen molar-refractivity contribution in [2.45, 2.75) is 38.6 Å². The Morgan fingerprint density at radius 1 is 1.25 bits per heavy atom. The van der Waals surface area contributed by atoms with E-state index in [1.807, 2.05) is 19.1 Å². The monoisotopic (exact) mass is 280 g/mol. The number of carboxylic acid groups (broad SMARTS) is 1. The zero-order chi connectivity index (χ0) is 15.4. The second-order valence-electron chi connectivity index (χ2n) is 4.26. The largest absolute Gasteiger partial charge is 0.480 e. The molecule has 0 fully saturated rings. The van der Waals surface area contributed by atoms with Crippen molar-refractivity contribution in [3.05, 3.63) is 0 Å². The van der Waals surface area contributed by atoms with Crippen LogP contribution < -0.4 is 5.32 Å². The van der Waals surface area contributed by atoms with Crippen molar-refractivity contribution in [2.24, 2.45) is 0 Å². The summed E-state index contributed by atoms with van der Waals surface area (Å²) in [6.07, 6.45) is 1.52. The van der Waals surface area contributed by atoms with Crippen molar-refractivity contribution in [1.29, 1.82) is 10.5 Å². The first-order chi connectivity index (χ1) is 9.56. The highest BCUT2D eigenvalue weighted by atomic mass is 16.4. The Balaban J connectivity index is 4.39. The molecule has 0 radical (unpaired) electrons. The van der Waals surface area contributed by atoms with Gasteiger partial charge in [-0.25, -0.2) is 0 Å². The lowest BCUT2D eigenvalue weighted by atomic mass is 10.1. The molecule has 0 bridgehead atoms. The topological polar surface area (TPSA) is 117 Å². The first-order valence-electron chi connectivity index (χ1n) is 6.54. The van der Waals surface area contributed by atoms with Crippen LogP contribution in [0.2, 0.25) is 0 Å². The highest BCUT2D eigenvalue weighted by Crippen LogP contribution is 1.99. The van der Waals surface area contributed by atoms with E-state index in [0.717, 1.165) is 0 Å². The molecule has 0 aliphatic rings. The summed E-state index contributed by atoms with van der Waals surface area (Å²) in [5.74, 6) is -1.28. The third-order valence-electron chi connectivity index (χ3n) is 2.71. The Hall–Kier alpha value is -2.12. The van der Waals surface area contributed by atoms with Crippen LogP contribution in [0.3, 0.4) is 0 Å². The van der Waals surface area contributed by atoms with Gasteiger partial charge in [0.05, 0.1) is 31.5 Å². The summed E-state index contributed by atoms with van der Waals surface area (Å²) in [5, 5.41) is 28.7. The molecule has 1 atom stereocenters. The second kappa shape index (κ2) is 10.8. The maximum Gasteiger partial charge on any atom is 0.320 e. The summed E-state index contributed by atoms with van der Waals surface area (Å²) in [6, 6.07) is 3.13. The van der Waals surface area contributed by atoms with E-state index >= 15 is 0 Å². The van der Waals surface area contributed by atoms with Crippen LogP contribution >= 0.6 is 0 Å². The fraction of sp³-hybridized carbons (Fsp3) is 0.692. The van der Waals surface area contributed by atoms with E-state index in [-0.39, 0.29) is 38.4 Å². The van der Waals surface area contributed by atoms with Crippen molar-refractivity contribution >= 4 is 11.9 Å². The summed E-state index contributed by atoms with van der Waals surface area (Å²) in [4.78, 5) is 24.3. The molecule has 110 valence electrons. The fourth-order valence-corrected chi connectivity index (χ4v) is 1.65. The van der Waals surface area contributed by atoms with Crippen LogP contribution in [-0.4, -0.2) is 47.6 Å². The van der Waals surface area contributed by atoms with Gasteiger partial charge in [-0.15, -0.1) is 0 Å². The first-order valence-corrected chi connectivity index (χ1v) is 6.54. The molecule has 1 amide bonds. The third kappa shape index (κ3) is 7.34. The number of hydrogen-bond donors (Lipinski definition) is 2. The molecule has 0 aromatic heterocycles. The summed E-state index contributed by atoms with van der Waals surface area (Å²) < 4.78 is 0. The number of aliphatic carboxylic acids is 1. The first kappa shape index (κ1) is 17.9. The third-order valence-corrected chi connectivity index (χ3v) is 2.71. The number of carbonyl (C=O) groups excluding carboxylic acids is 1. The van der Waals surface area contributed by atoms with Crippen LogP contribution in [0.1, 0.15) is 32.6 Å². The van der Waals surface area contributed by atoms with Crippen LogP contribution in [0, 0.1) is 22.7 Å². The van der Waals surface area contributed by atoms with Crippen LogP contribution in [0.4, 0.5) is 0 Å². The van der Waals surface area contributed by atoms with Crippen LogP contribution in [0.25, 0.3) is 0 Å². The molecule has 20 heavy (non-hydrogen) atoms. The Bertz CT molecular complexity index is 379. The summed E-state index contributed by atoms with van der Waals surface area (Å²) >= 11 is 0. The second-order valence-corrected chi connectivity index (χ2v) is 4.26. The van der Waals surface area contributed by atoms with Crippen LogP contribution in [-0.2, 0) is 9.59 Å². The van der Waals surface area contributed by atoms with E-state index < -0.39 is 12.0 Å². The Morgan fingerprint density at radius 3 is 2.20 bits per heavy atom. The highest BCUT2D eigenvalue weighted by Gasteiger charge is 2.19. The lowest BCUT2D eigenvalue weighted by molar-refractivity contribution is -0.140. The van der Waals surface area contributed by atoms with Crippen molar-refractivity contribution in [1.82, 2.24) is 10.2 Å². The molecule has 0 rings (SSSR count). The van der Waals surface area contributed by atoms with Gasteiger partial charge in [0.2, 0.25) is 5.91 Å². The lowest BCUT2D eigenvalue weighted by Crippen LogP contribution is -2.45. The fourth-order valence-electron chi connectivity index (χ4n) is 1.65. The molecule has 0 spiro atoms. The predicted molar refractivity (Wildman–Crippen MR) is 71.4 cm³/mol. The number of carbonyl (C=O) groups is 2. The molecule has 7 heteroatoms. The van der Waals surface area contributed by atoms with Gasteiger partial charge in [0.15, 0.2) is 0 Å². The molecule has 0 heterocycles. The molecule has 0 saturated heterocycles. The van der Waals surface area contributed by atoms with Crippen LogP contribution in [0.5, 0.6) is 0 Å².